The van der Waals surface area contributed by atoms with E-state index in [1.165, 1.54) is 19.1 Å². The summed E-state index contributed by atoms with van der Waals surface area (Å²) in [6.07, 6.45) is 0. The number of hydrogen-bond donors (Lipinski definition) is 0. The summed E-state index contributed by atoms with van der Waals surface area (Å²) in [6.45, 7) is 1.39. The van der Waals surface area contributed by atoms with Crippen molar-refractivity contribution in [1.29, 1.82) is 5.26 Å². The van der Waals surface area contributed by atoms with Gasteiger partial charge in [0.05, 0.1) is 15.6 Å². The first kappa shape index (κ1) is 10.0. The average Bonchev–Trinajstić information content (AvgIpc) is 2.09. The number of carbonyl (C=O) groups excluding carboxylic acids is 1. The molecular weight excluding hydrogens is 209 g/mol. The molecule has 0 aliphatic rings. The van der Waals surface area contributed by atoms with E-state index in [1.54, 1.807) is 0 Å². The van der Waals surface area contributed by atoms with Crippen LogP contribution in [0.4, 0.5) is 0 Å². The summed E-state index contributed by atoms with van der Waals surface area (Å²) in [6, 6.07) is 4.85. The Morgan fingerprint density at radius 2 is 2.00 bits per heavy atom. The maximum absolute atomic E-state index is 11.0. The number of nitrogens with zero attached hydrogens (tertiary/aromatic N) is 1. The smallest absolute Gasteiger partial charge is 0.161 e. The fraction of sp³-hybridized carbons (Fsp3) is 0.111. The van der Waals surface area contributed by atoms with Gasteiger partial charge in [-0.15, -0.1) is 0 Å². The number of nitriles is 1. The molecule has 0 aliphatic heterocycles. The van der Waals surface area contributed by atoms with Crippen LogP contribution in [-0.2, 0) is 0 Å². The number of halogens is 2. The first-order valence-electron chi connectivity index (χ1n) is 3.47. The zero-order valence-electron chi connectivity index (χ0n) is 6.77. The monoisotopic (exact) mass is 213 g/mol. The Bertz CT molecular complexity index is 407. The molecule has 0 amide bonds. The van der Waals surface area contributed by atoms with Gasteiger partial charge in [-0.25, -0.2) is 0 Å². The van der Waals surface area contributed by atoms with Crippen LogP contribution in [0, 0.1) is 11.3 Å². The zero-order chi connectivity index (χ0) is 10.0. The molecule has 0 saturated heterocycles. The van der Waals surface area contributed by atoms with Crippen molar-refractivity contribution in [2.45, 2.75) is 6.92 Å². The van der Waals surface area contributed by atoms with Crippen LogP contribution in [0.1, 0.15) is 22.8 Å². The number of Topliss-reactive ketones (excluding diaryl/α,β-unsaturated/α-hetero) is 1. The predicted molar refractivity (Wildman–Crippen MR) is 51.2 cm³/mol. The van der Waals surface area contributed by atoms with Crippen molar-refractivity contribution in [3.8, 4) is 6.07 Å². The second-order valence-corrected chi connectivity index (χ2v) is 3.21. The molecule has 1 aromatic carbocycles. The predicted octanol–water partition coefficient (Wildman–Crippen LogP) is 3.07. The number of carbonyl (C=O) groups is 1. The van der Waals surface area contributed by atoms with Crippen LogP contribution in [0.15, 0.2) is 12.1 Å². The van der Waals surface area contributed by atoms with Crippen molar-refractivity contribution in [1.82, 2.24) is 0 Å². The van der Waals surface area contributed by atoms with Crippen molar-refractivity contribution in [3.05, 3.63) is 33.3 Å². The summed E-state index contributed by atoms with van der Waals surface area (Å²) < 4.78 is 0. The lowest BCUT2D eigenvalue weighted by Gasteiger charge is -2.02. The number of ketones is 1. The van der Waals surface area contributed by atoms with E-state index in [2.05, 4.69) is 0 Å². The van der Waals surface area contributed by atoms with Crippen molar-refractivity contribution >= 4 is 29.0 Å². The molecular formula is C9H5Cl2NO. The van der Waals surface area contributed by atoms with Gasteiger partial charge >= 0.3 is 0 Å². The highest BCUT2D eigenvalue weighted by Crippen LogP contribution is 2.29. The van der Waals surface area contributed by atoms with Gasteiger partial charge < -0.3 is 0 Å². The molecule has 0 atom stereocenters. The summed E-state index contributed by atoms with van der Waals surface area (Å²) in [5, 5.41) is 8.88. The Labute approximate surface area is 85.7 Å². The first-order valence-corrected chi connectivity index (χ1v) is 4.22. The Morgan fingerprint density at radius 1 is 1.38 bits per heavy atom. The molecule has 2 nitrogen and oxygen atoms in total. The maximum atomic E-state index is 11.0. The number of rotatable bonds is 1. The highest BCUT2D eigenvalue weighted by Gasteiger charge is 2.12. The molecule has 0 aromatic heterocycles. The number of hydrogen-bond acceptors (Lipinski definition) is 2. The van der Waals surface area contributed by atoms with Gasteiger partial charge in [-0.2, -0.15) is 5.26 Å². The summed E-state index contributed by atoms with van der Waals surface area (Å²) in [7, 11) is 0. The van der Waals surface area contributed by atoms with Crippen LogP contribution in [0.5, 0.6) is 0 Å². The molecule has 0 bridgehead atoms. The summed E-state index contributed by atoms with van der Waals surface area (Å²) in [5.74, 6) is -0.170. The van der Waals surface area contributed by atoms with Gasteiger partial charge in [0, 0.05) is 5.56 Å². The highest BCUT2D eigenvalue weighted by atomic mass is 35.5. The third-order valence-electron chi connectivity index (χ3n) is 1.58. The second kappa shape index (κ2) is 3.78. The Hall–Kier alpha value is -1.04. The highest BCUT2D eigenvalue weighted by molar-refractivity contribution is 6.44. The minimum atomic E-state index is -0.170. The van der Waals surface area contributed by atoms with Crippen LogP contribution in [-0.4, -0.2) is 5.78 Å². The second-order valence-electron chi connectivity index (χ2n) is 2.46. The minimum absolute atomic E-state index is 0.136. The zero-order valence-corrected chi connectivity index (χ0v) is 8.28. The van der Waals surface area contributed by atoms with E-state index in [0.29, 0.717) is 5.56 Å². The molecule has 0 aliphatic carbocycles. The molecule has 0 radical (unpaired) electrons. The quantitative estimate of drug-likeness (QED) is 0.674. The number of benzene rings is 1. The van der Waals surface area contributed by atoms with Crippen molar-refractivity contribution in [3.63, 3.8) is 0 Å². The van der Waals surface area contributed by atoms with Crippen LogP contribution >= 0.6 is 23.2 Å². The molecule has 1 aromatic rings. The van der Waals surface area contributed by atoms with Crippen molar-refractivity contribution < 1.29 is 4.79 Å². The third-order valence-corrected chi connectivity index (χ3v) is 2.46. The molecule has 0 saturated carbocycles. The van der Waals surface area contributed by atoms with Crippen LogP contribution in [0.25, 0.3) is 0 Å². The Balaban J connectivity index is 3.42. The fourth-order valence-electron chi connectivity index (χ4n) is 0.908. The van der Waals surface area contributed by atoms with Gasteiger partial charge in [-0.3, -0.25) is 4.79 Å². The molecule has 1 rings (SSSR count). The van der Waals surface area contributed by atoms with Gasteiger partial charge in [-0.05, 0) is 19.1 Å². The Morgan fingerprint density at radius 3 is 2.46 bits per heavy atom. The van der Waals surface area contributed by atoms with Gasteiger partial charge in [0.15, 0.2) is 5.78 Å². The standard InChI is InChI=1S/C9H5Cl2NO/c1-5(13)7-3-2-6(4-12)8(10)9(7)11/h2-3H,1H3. The lowest BCUT2D eigenvalue weighted by molar-refractivity contribution is 0.101. The molecule has 4 heteroatoms. The van der Waals surface area contributed by atoms with Crippen LogP contribution in [0.3, 0.4) is 0 Å². The van der Waals surface area contributed by atoms with Gasteiger partial charge in [0.25, 0.3) is 0 Å². The molecule has 0 spiro atoms. The minimum Gasteiger partial charge on any atom is -0.294 e. The van der Waals surface area contributed by atoms with Crippen LogP contribution in [0.2, 0.25) is 10.0 Å². The van der Waals surface area contributed by atoms with Gasteiger partial charge in [0.2, 0.25) is 0 Å². The topological polar surface area (TPSA) is 40.9 Å². The van der Waals surface area contributed by atoms with E-state index in [4.69, 9.17) is 28.5 Å². The summed E-state index contributed by atoms with van der Waals surface area (Å²) >= 11 is 11.5. The Kier molecular flexibility index (Phi) is 2.92. The van der Waals surface area contributed by atoms with E-state index in [1.807, 2.05) is 6.07 Å². The molecule has 0 heterocycles. The van der Waals surface area contributed by atoms with E-state index in [-0.39, 0.29) is 21.4 Å². The summed E-state index contributed by atoms with van der Waals surface area (Å²) in [4.78, 5) is 11.0. The van der Waals surface area contributed by atoms with Gasteiger partial charge in [-0.1, -0.05) is 23.2 Å². The molecule has 0 N–H and O–H groups in total. The molecule has 13 heavy (non-hydrogen) atoms. The molecule has 0 fully saturated rings. The lowest BCUT2D eigenvalue weighted by Crippen LogP contribution is -1.94. The normalized spacial score (nSPS) is 9.38. The van der Waals surface area contributed by atoms with E-state index < -0.39 is 0 Å². The van der Waals surface area contributed by atoms with E-state index in [9.17, 15) is 4.79 Å². The average molecular weight is 214 g/mol. The van der Waals surface area contributed by atoms with E-state index >= 15 is 0 Å². The van der Waals surface area contributed by atoms with Gasteiger partial charge in [0.1, 0.15) is 6.07 Å². The molecule has 0 unspecified atom stereocenters. The van der Waals surface area contributed by atoms with Crippen LogP contribution < -0.4 is 0 Å². The first-order chi connectivity index (χ1) is 6.07. The largest absolute Gasteiger partial charge is 0.294 e. The SMILES string of the molecule is CC(=O)c1ccc(C#N)c(Cl)c1Cl. The van der Waals surface area contributed by atoms with Crippen molar-refractivity contribution in [2.75, 3.05) is 0 Å². The maximum Gasteiger partial charge on any atom is 0.161 e. The lowest BCUT2D eigenvalue weighted by atomic mass is 10.1. The fourth-order valence-corrected chi connectivity index (χ4v) is 1.41. The van der Waals surface area contributed by atoms with Crippen molar-refractivity contribution in [2.24, 2.45) is 0 Å². The summed E-state index contributed by atoms with van der Waals surface area (Å²) in [5.41, 5.74) is 0.613. The van der Waals surface area contributed by atoms with E-state index in [0.717, 1.165) is 0 Å². The molecule has 66 valence electrons. The third kappa shape index (κ3) is 1.82.